The fourth-order valence-electron chi connectivity index (χ4n) is 2.54. The van der Waals surface area contributed by atoms with Crippen LogP contribution in [-0.2, 0) is 4.79 Å². The van der Waals surface area contributed by atoms with Gasteiger partial charge >= 0.3 is 5.91 Å². The van der Waals surface area contributed by atoms with E-state index in [9.17, 15) is 4.79 Å². The molecular weight excluding hydrogens is 332 g/mol. The summed E-state index contributed by atoms with van der Waals surface area (Å²) in [7, 11) is 3.67. The lowest BCUT2D eigenvalue weighted by Gasteiger charge is -2.09. The van der Waals surface area contributed by atoms with Gasteiger partial charge < -0.3 is 4.42 Å². The van der Waals surface area contributed by atoms with Crippen molar-refractivity contribution in [2.45, 2.75) is 17.4 Å². The number of oxazole rings is 1. The molecule has 0 spiro atoms. The molecule has 3 rings (SSSR count). The Balaban J connectivity index is 1.99. The summed E-state index contributed by atoms with van der Waals surface area (Å²) >= 11 is 1.36. The highest BCUT2D eigenvalue weighted by Crippen LogP contribution is 2.36. The number of aromatic nitrogens is 1. The number of benzene rings is 2. The summed E-state index contributed by atoms with van der Waals surface area (Å²) in [5.74, 6) is 0.844. The average Bonchev–Trinajstić information content (AvgIpc) is 3.06. The summed E-state index contributed by atoms with van der Waals surface area (Å²) in [6.07, 6.45) is 0. The molecule has 3 aromatic rings. The monoisotopic (exact) mass is 353 g/mol. The topological polar surface area (TPSA) is 47.5 Å². The van der Waals surface area contributed by atoms with Gasteiger partial charge in [0.1, 0.15) is 10.9 Å². The maximum atomic E-state index is 12.2. The molecule has 0 saturated heterocycles. The third-order valence-corrected chi connectivity index (χ3v) is 4.77. The molecule has 2 aromatic carbocycles. The van der Waals surface area contributed by atoms with Crippen LogP contribution < -0.4 is 4.90 Å². The molecule has 0 fully saturated rings. The first-order chi connectivity index (χ1) is 12.1. The average molecular weight is 353 g/mol. The predicted molar refractivity (Wildman–Crippen MR) is 101 cm³/mol. The zero-order valence-electron chi connectivity index (χ0n) is 14.5. The van der Waals surface area contributed by atoms with Crippen LogP contribution in [-0.4, -0.2) is 30.2 Å². The molecule has 4 nitrogen and oxygen atoms in total. The lowest BCUT2D eigenvalue weighted by atomic mass is 10.1. The van der Waals surface area contributed by atoms with Crippen molar-refractivity contribution in [3.05, 3.63) is 60.7 Å². The van der Waals surface area contributed by atoms with Crippen LogP contribution in [0.1, 0.15) is 6.92 Å². The molecular formula is C20H21N2O2S+. The van der Waals surface area contributed by atoms with E-state index in [4.69, 9.17) is 4.42 Å². The highest BCUT2D eigenvalue weighted by molar-refractivity contribution is 8.00. The van der Waals surface area contributed by atoms with Crippen LogP contribution in [0, 0.1) is 0 Å². The van der Waals surface area contributed by atoms with E-state index in [0.717, 1.165) is 27.5 Å². The van der Waals surface area contributed by atoms with E-state index in [0.29, 0.717) is 5.22 Å². The SMILES string of the molecule is CC(Sc1nc(-c2ccccc2)c(-c2ccccc2)o1)C(=O)[NH+](C)C. The quantitative estimate of drug-likeness (QED) is 0.716. The van der Waals surface area contributed by atoms with Crippen LogP contribution in [0.3, 0.4) is 0 Å². The minimum Gasteiger partial charge on any atom is -0.431 e. The van der Waals surface area contributed by atoms with Crippen LogP contribution in [0.2, 0.25) is 0 Å². The number of hydrogen-bond acceptors (Lipinski definition) is 4. The molecule has 25 heavy (non-hydrogen) atoms. The van der Waals surface area contributed by atoms with Crippen molar-refractivity contribution in [3.8, 4) is 22.6 Å². The van der Waals surface area contributed by atoms with Gasteiger partial charge in [-0.2, -0.15) is 0 Å². The highest BCUT2D eigenvalue weighted by atomic mass is 32.2. The number of amides is 1. The van der Waals surface area contributed by atoms with Crippen molar-refractivity contribution in [1.29, 1.82) is 0 Å². The van der Waals surface area contributed by atoms with Crippen LogP contribution in [0.15, 0.2) is 70.3 Å². The van der Waals surface area contributed by atoms with Crippen molar-refractivity contribution in [2.75, 3.05) is 14.1 Å². The zero-order chi connectivity index (χ0) is 17.8. The second-order valence-corrected chi connectivity index (χ2v) is 7.31. The van der Waals surface area contributed by atoms with E-state index in [-0.39, 0.29) is 11.2 Å². The Kier molecular flexibility index (Phi) is 5.36. The summed E-state index contributed by atoms with van der Waals surface area (Å²) in [4.78, 5) is 17.6. The van der Waals surface area contributed by atoms with Crippen molar-refractivity contribution >= 4 is 17.7 Å². The fourth-order valence-corrected chi connectivity index (χ4v) is 3.46. The van der Waals surface area contributed by atoms with Crippen molar-refractivity contribution in [1.82, 2.24) is 4.98 Å². The fraction of sp³-hybridized carbons (Fsp3) is 0.200. The molecule has 1 N–H and O–H groups in total. The Morgan fingerprint density at radius 1 is 1.00 bits per heavy atom. The lowest BCUT2D eigenvalue weighted by molar-refractivity contribution is -0.774. The second kappa shape index (κ2) is 7.68. The van der Waals surface area contributed by atoms with E-state index in [1.165, 1.54) is 11.8 Å². The normalized spacial score (nSPS) is 12.3. The summed E-state index contributed by atoms with van der Waals surface area (Å²) < 4.78 is 6.05. The van der Waals surface area contributed by atoms with E-state index in [2.05, 4.69) is 4.98 Å². The number of rotatable bonds is 5. The molecule has 1 atom stereocenters. The Morgan fingerprint density at radius 2 is 1.56 bits per heavy atom. The molecule has 1 amide bonds. The summed E-state index contributed by atoms with van der Waals surface area (Å²) in [5.41, 5.74) is 2.76. The standard InChI is InChI=1S/C20H20N2O2S/c1-14(19(23)22(2)3)25-20-21-17(15-10-6-4-7-11-15)18(24-20)16-12-8-5-9-13-16/h4-14H,1-3H3/p+1. The zero-order valence-corrected chi connectivity index (χ0v) is 15.3. The molecule has 128 valence electrons. The van der Waals surface area contributed by atoms with Crippen LogP contribution in [0.25, 0.3) is 22.6 Å². The second-order valence-electron chi connectivity index (χ2n) is 6.01. The molecule has 0 bridgehead atoms. The summed E-state index contributed by atoms with van der Waals surface area (Å²) in [5, 5.41) is 0.288. The number of nitrogens with one attached hydrogen (secondary N) is 1. The summed E-state index contributed by atoms with van der Waals surface area (Å²) in [6, 6.07) is 19.9. The highest BCUT2D eigenvalue weighted by Gasteiger charge is 2.25. The van der Waals surface area contributed by atoms with Gasteiger partial charge in [0.2, 0.25) is 0 Å². The van der Waals surface area contributed by atoms with E-state index >= 15 is 0 Å². The van der Waals surface area contributed by atoms with Gasteiger partial charge in [-0.25, -0.2) is 9.78 Å². The third kappa shape index (κ3) is 4.00. The minimum atomic E-state index is -0.226. The van der Waals surface area contributed by atoms with Gasteiger partial charge in [0.25, 0.3) is 5.22 Å². The lowest BCUT2D eigenvalue weighted by Crippen LogP contribution is -3.09. The first-order valence-electron chi connectivity index (χ1n) is 8.19. The number of nitrogens with zero attached hydrogens (tertiary/aromatic N) is 1. The van der Waals surface area contributed by atoms with E-state index in [1.54, 1.807) is 0 Å². The Bertz CT molecular complexity index is 788. The van der Waals surface area contributed by atoms with Crippen LogP contribution >= 0.6 is 11.8 Å². The molecule has 5 heteroatoms. The molecule has 1 aromatic heterocycles. The number of quaternary nitrogens is 1. The van der Waals surface area contributed by atoms with Gasteiger partial charge in [0.05, 0.1) is 14.1 Å². The van der Waals surface area contributed by atoms with Crippen LogP contribution in [0.4, 0.5) is 0 Å². The van der Waals surface area contributed by atoms with E-state index < -0.39 is 0 Å². The van der Waals surface area contributed by atoms with Gasteiger partial charge in [-0.05, 0) is 18.7 Å². The smallest absolute Gasteiger partial charge is 0.324 e. The first kappa shape index (κ1) is 17.5. The Hall–Kier alpha value is -2.37. The maximum absolute atomic E-state index is 12.2. The molecule has 0 aliphatic carbocycles. The number of thioether (sulfide) groups is 1. The molecule has 0 radical (unpaired) electrons. The van der Waals surface area contributed by atoms with E-state index in [1.807, 2.05) is 81.7 Å². The van der Waals surface area contributed by atoms with Crippen molar-refractivity contribution in [2.24, 2.45) is 0 Å². The predicted octanol–water partition coefficient (Wildman–Crippen LogP) is 3.16. The molecule has 1 heterocycles. The van der Waals surface area contributed by atoms with Gasteiger partial charge in [-0.15, -0.1) is 0 Å². The van der Waals surface area contributed by atoms with Gasteiger partial charge in [0, 0.05) is 11.1 Å². The largest absolute Gasteiger partial charge is 0.431 e. The number of hydrogen-bond donors (Lipinski definition) is 1. The molecule has 0 aliphatic heterocycles. The third-order valence-electron chi connectivity index (χ3n) is 3.83. The Morgan fingerprint density at radius 3 is 2.12 bits per heavy atom. The minimum absolute atomic E-state index is 0.116. The Labute approximate surface area is 151 Å². The van der Waals surface area contributed by atoms with Gasteiger partial charge in [-0.3, -0.25) is 4.90 Å². The number of carbonyl (C=O) groups is 1. The van der Waals surface area contributed by atoms with Gasteiger partial charge in [0.15, 0.2) is 5.76 Å². The molecule has 1 unspecified atom stereocenters. The maximum Gasteiger partial charge on any atom is 0.324 e. The molecule has 0 aliphatic rings. The molecule has 0 saturated carbocycles. The van der Waals surface area contributed by atoms with Crippen LogP contribution in [0.5, 0.6) is 0 Å². The van der Waals surface area contributed by atoms with Crippen molar-refractivity contribution in [3.63, 3.8) is 0 Å². The first-order valence-corrected chi connectivity index (χ1v) is 9.07. The van der Waals surface area contributed by atoms with Crippen molar-refractivity contribution < 1.29 is 14.1 Å². The summed E-state index contributed by atoms with van der Waals surface area (Å²) in [6.45, 7) is 1.88. The number of carbonyl (C=O) groups excluding carboxylic acids is 1. The van der Waals surface area contributed by atoms with Gasteiger partial charge in [-0.1, -0.05) is 60.7 Å².